The number of nitrogens with one attached hydrogen (secondary N) is 1. The average Bonchev–Trinajstić information content (AvgIpc) is 2.63. The normalized spacial score (nSPS) is 11.1. The molecule has 0 aliphatic heterocycles. The van der Waals surface area contributed by atoms with Crippen LogP contribution in [0.15, 0.2) is 66.9 Å². The van der Waals surface area contributed by atoms with Crippen molar-refractivity contribution in [3.63, 3.8) is 0 Å². The van der Waals surface area contributed by atoms with Crippen LogP contribution in [-0.2, 0) is 6.18 Å². The summed E-state index contributed by atoms with van der Waals surface area (Å²) in [6.07, 6.45) is -3.07. The van der Waals surface area contributed by atoms with E-state index in [0.29, 0.717) is 23.0 Å². The van der Waals surface area contributed by atoms with Crippen LogP contribution >= 0.6 is 0 Å². The van der Waals surface area contributed by atoms with Gasteiger partial charge in [0, 0.05) is 17.3 Å². The number of nitrogens with two attached hydrogens (primary N) is 1. The third-order valence-electron chi connectivity index (χ3n) is 3.54. The number of carbonyl (C=O) groups is 1. The number of amides is 1. The molecule has 0 saturated heterocycles. The van der Waals surface area contributed by atoms with Crippen LogP contribution in [0.1, 0.15) is 15.9 Å². The molecule has 27 heavy (non-hydrogen) atoms. The van der Waals surface area contributed by atoms with Gasteiger partial charge < -0.3 is 15.8 Å². The zero-order chi connectivity index (χ0) is 19.4. The number of anilines is 2. The van der Waals surface area contributed by atoms with Crippen LogP contribution in [0, 0.1) is 0 Å². The van der Waals surface area contributed by atoms with Crippen molar-refractivity contribution in [3.8, 4) is 11.5 Å². The smallest absolute Gasteiger partial charge is 0.416 e. The predicted octanol–water partition coefficient (Wildman–Crippen LogP) is 4.73. The zero-order valence-electron chi connectivity index (χ0n) is 13.8. The summed E-state index contributed by atoms with van der Waals surface area (Å²) < 4.78 is 44.0. The highest BCUT2D eigenvalue weighted by Gasteiger charge is 2.30. The van der Waals surface area contributed by atoms with Crippen molar-refractivity contribution in [1.29, 1.82) is 0 Å². The second-order valence-corrected chi connectivity index (χ2v) is 5.58. The molecule has 5 nitrogen and oxygen atoms in total. The van der Waals surface area contributed by atoms with Gasteiger partial charge in [-0.15, -0.1) is 0 Å². The first-order valence-corrected chi connectivity index (χ1v) is 7.79. The molecule has 0 bridgehead atoms. The summed E-state index contributed by atoms with van der Waals surface area (Å²) in [6.45, 7) is 0. The topological polar surface area (TPSA) is 77.2 Å². The van der Waals surface area contributed by atoms with Crippen LogP contribution in [0.2, 0.25) is 0 Å². The highest BCUT2D eigenvalue weighted by molar-refractivity contribution is 6.04. The van der Waals surface area contributed by atoms with Crippen LogP contribution in [0.4, 0.5) is 24.7 Å². The number of hydrogen-bond acceptors (Lipinski definition) is 4. The van der Waals surface area contributed by atoms with E-state index in [-0.39, 0.29) is 5.56 Å². The van der Waals surface area contributed by atoms with Gasteiger partial charge in [-0.2, -0.15) is 13.2 Å². The first-order valence-electron chi connectivity index (χ1n) is 7.79. The Kier molecular flexibility index (Phi) is 4.98. The fraction of sp³-hybridized carbons (Fsp3) is 0.0526. The number of ether oxygens (including phenoxy) is 1. The Hall–Kier alpha value is -3.55. The molecule has 1 amide bonds. The lowest BCUT2D eigenvalue weighted by atomic mass is 10.1. The first-order chi connectivity index (χ1) is 12.8. The van der Waals surface area contributed by atoms with Crippen molar-refractivity contribution in [3.05, 3.63) is 78.0 Å². The molecular formula is C19H14F3N3O2. The number of alkyl halides is 3. The maximum atomic E-state index is 12.8. The lowest BCUT2D eigenvalue weighted by Gasteiger charge is -2.10. The van der Waals surface area contributed by atoms with Crippen molar-refractivity contribution in [2.75, 3.05) is 11.1 Å². The molecule has 8 heteroatoms. The van der Waals surface area contributed by atoms with Crippen LogP contribution in [0.3, 0.4) is 0 Å². The molecule has 0 fully saturated rings. The molecule has 3 aromatic rings. The minimum Gasteiger partial charge on any atom is -0.456 e. The maximum absolute atomic E-state index is 12.8. The fourth-order valence-corrected chi connectivity index (χ4v) is 2.27. The maximum Gasteiger partial charge on any atom is 0.416 e. The Labute approximate surface area is 152 Å². The van der Waals surface area contributed by atoms with Crippen molar-refractivity contribution in [2.24, 2.45) is 0 Å². The molecule has 0 aliphatic rings. The molecule has 0 spiro atoms. The van der Waals surface area contributed by atoms with Crippen molar-refractivity contribution >= 4 is 17.4 Å². The van der Waals surface area contributed by atoms with Gasteiger partial charge in [-0.05, 0) is 42.5 Å². The van der Waals surface area contributed by atoms with Gasteiger partial charge in [-0.25, -0.2) is 4.98 Å². The highest BCUT2D eigenvalue weighted by atomic mass is 19.4. The number of rotatable bonds is 4. The Morgan fingerprint density at radius 1 is 1.00 bits per heavy atom. The summed E-state index contributed by atoms with van der Waals surface area (Å²) >= 11 is 0. The predicted molar refractivity (Wildman–Crippen MR) is 94.6 cm³/mol. The first kappa shape index (κ1) is 18.2. The number of hydrogen-bond donors (Lipinski definition) is 2. The number of nitrogens with zero attached hydrogens (tertiary/aromatic N) is 1. The van der Waals surface area contributed by atoms with Gasteiger partial charge >= 0.3 is 6.18 Å². The molecule has 3 rings (SSSR count). The summed E-state index contributed by atoms with van der Waals surface area (Å²) in [5, 5.41) is 2.55. The molecule has 0 saturated carbocycles. The second-order valence-electron chi connectivity index (χ2n) is 5.58. The lowest BCUT2D eigenvalue weighted by molar-refractivity contribution is -0.137. The van der Waals surface area contributed by atoms with Crippen molar-refractivity contribution in [2.45, 2.75) is 6.18 Å². The van der Waals surface area contributed by atoms with E-state index in [4.69, 9.17) is 10.5 Å². The van der Waals surface area contributed by atoms with Gasteiger partial charge in [-0.3, -0.25) is 4.79 Å². The van der Waals surface area contributed by atoms with Gasteiger partial charge in [0.1, 0.15) is 17.3 Å². The number of pyridine rings is 1. The number of nitrogen functional groups attached to an aromatic ring is 1. The SMILES string of the molecule is Nc1ccc(Oc2cccc(NC(=O)c3cccc(C(F)(F)F)c3)c2)cn1. The van der Waals surface area contributed by atoms with Crippen LogP contribution in [0.25, 0.3) is 0 Å². The van der Waals surface area contributed by atoms with Gasteiger partial charge in [0.2, 0.25) is 0 Å². The van der Waals surface area contributed by atoms with Crippen LogP contribution in [0.5, 0.6) is 11.5 Å². The second kappa shape index (κ2) is 7.36. The zero-order valence-corrected chi connectivity index (χ0v) is 13.8. The fourth-order valence-electron chi connectivity index (χ4n) is 2.27. The Bertz CT molecular complexity index is 957. The third-order valence-corrected chi connectivity index (χ3v) is 3.54. The molecule has 0 unspecified atom stereocenters. The minimum atomic E-state index is -4.52. The largest absolute Gasteiger partial charge is 0.456 e. The van der Waals surface area contributed by atoms with Crippen molar-refractivity contribution in [1.82, 2.24) is 4.98 Å². The molecule has 0 atom stereocenters. The molecule has 2 aromatic carbocycles. The van der Waals surface area contributed by atoms with Gasteiger partial charge in [0.15, 0.2) is 0 Å². The molecule has 3 N–H and O–H groups in total. The van der Waals surface area contributed by atoms with E-state index in [1.807, 2.05) is 0 Å². The monoisotopic (exact) mass is 373 g/mol. The number of benzene rings is 2. The summed E-state index contributed by atoms with van der Waals surface area (Å²) in [4.78, 5) is 16.2. The molecule has 1 heterocycles. The Morgan fingerprint density at radius 2 is 1.78 bits per heavy atom. The van der Waals surface area contributed by atoms with E-state index in [9.17, 15) is 18.0 Å². The Balaban J connectivity index is 1.74. The van der Waals surface area contributed by atoms with E-state index in [2.05, 4.69) is 10.3 Å². The van der Waals surface area contributed by atoms with E-state index in [0.717, 1.165) is 12.1 Å². The van der Waals surface area contributed by atoms with Crippen molar-refractivity contribution < 1.29 is 22.7 Å². The molecule has 1 aromatic heterocycles. The summed E-state index contributed by atoms with van der Waals surface area (Å²) in [5.74, 6) is 0.561. The van der Waals surface area contributed by atoms with E-state index >= 15 is 0 Å². The molecule has 0 aliphatic carbocycles. The molecular weight excluding hydrogens is 359 g/mol. The number of carbonyl (C=O) groups excluding carboxylic acids is 1. The number of aromatic nitrogens is 1. The van der Waals surface area contributed by atoms with Gasteiger partial charge in [-0.1, -0.05) is 12.1 Å². The number of halogens is 3. The van der Waals surface area contributed by atoms with E-state index in [1.165, 1.54) is 18.3 Å². The van der Waals surface area contributed by atoms with E-state index in [1.54, 1.807) is 36.4 Å². The lowest BCUT2D eigenvalue weighted by Crippen LogP contribution is -2.13. The molecule has 138 valence electrons. The minimum absolute atomic E-state index is 0.0983. The summed E-state index contributed by atoms with van der Waals surface area (Å²) in [7, 11) is 0. The van der Waals surface area contributed by atoms with Crippen LogP contribution in [-0.4, -0.2) is 10.9 Å². The third kappa shape index (κ3) is 4.75. The average molecular weight is 373 g/mol. The molecule has 0 radical (unpaired) electrons. The van der Waals surface area contributed by atoms with Crippen LogP contribution < -0.4 is 15.8 Å². The highest BCUT2D eigenvalue weighted by Crippen LogP contribution is 2.30. The Morgan fingerprint density at radius 3 is 2.48 bits per heavy atom. The summed E-state index contributed by atoms with van der Waals surface area (Å²) in [5.41, 5.74) is 4.90. The van der Waals surface area contributed by atoms with Gasteiger partial charge in [0.05, 0.1) is 11.8 Å². The summed E-state index contributed by atoms with van der Waals surface area (Å²) in [6, 6.07) is 13.9. The van der Waals surface area contributed by atoms with Gasteiger partial charge in [0.25, 0.3) is 5.91 Å². The van der Waals surface area contributed by atoms with E-state index < -0.39 is 17.6 Å². The standard InChI is InChI=1S/C19H14F3N3O2/c20-19(21,22)13-4-1-3-12(9-13)18(26)25-14-5-2-6-15(10-14)27-16-7-8-17(23)24-11-16/h1-11H,(H2,23,24)(H,25,26). The quantitative estimate of drug-likeness (QED) is 0.693.